The maximum Gasteiger partial charge on any atom is 0.136 e. The largest absolute Gasteiger partial charge is 0.872 e. The van der Waals surface area contributed by atoms with Gasteiger partial charge in [-0.3, -0.25) is 0 Å². The van der Waals surface area contributed by atoms with Crippen molar-refractivity contribution in [1.82, 2.24) is 0 Å². The molecule has 0 aliphatic carbocycles. The third kappa shape index (κ3) is 2.11. The van der Waals surface area contributed by atoms with Gasteiger partial charge in [-0.05, 0) is 30.3 Å². The lowest BCUT2D eigenvalue weighted by Crippen LogP contribution is -2.24. The van der Waals surface area contributed by atoms with Crippen LogP contribution < -0.4 is 14.9 Å². The summed E-state index contributed by atoms with van der Waals surface area (Å²) in [5.74, 6) is -1.94. The second-order valence-corrected chi connectivity index (χ2v) is 4.60. The van der Waals surface area contributed by atoms with Crippen molar-refractivity contribution in [2.75, 3.05) is 0 Å². The topological polar surface area (TPSA) is 116 Å². The van der Waals surface area contributed by atoms with E-state index in [9.17, 15) is 25.5 Å². The van der Waals surface area contributed by atoms with Crippen molar-refractivity contribution in [2.45, 2.75) is 6.10 Å². The number of phenols is 2. The van der Waals surface area contributed by atoms with Crippen molar-refractivity contribution in [1.29, 1.82) is 0 Å². The molecule has 6 heteroatoms. The highest BCUT2D eigenvalue weighted by Crippen LogP contribution is 2.44. The monoisotopic (exact) mass is 286 g/mol. The van der Waals surface area contributed by atoms with Crippen LogP contribution in [0.2, 0.25) is 0 Å². The molecule has 0 unspecified atom stereocenters. The van der Waals surface area contributed by atoms with E-state index in [1.807, 2.05) is 0 Å². The molecule has 0 saturated heterocycles. The number of ether oxygens (including phenoxy) is 1. The van der Waals surface area contributed by atoms with Crippen LogP contribution in [0.4, 0.5) is 0 Å². The summed E-state index contributed by atoms with van der Waals surface area (Å²) in [6.07, 6.45) is -1.65. The third-order valence-electron chi connectivity index (χ3n) is 3.18. The molecule has 0 saturated carbocycles. The van der Waals surface area contributed by atoms with Gasteiger partial charge in [0.2, 0.25) is 0 Å². The van der Waals surface area contributed by atoms with Crippen molar-refractivity contribution in [3.8, 4) is 23.0 Å². The minimum atomic E-state index is -1.65. The van der Waals surface area contributed by atoms with E-state index in [-0.39, 0.29) is 28.6 Å². The van der Waals surface area contributed by atoms with Gasteiger partial charge in [0.1, 0.15) is 23.0 Å². The molecular weight excluding hydrogens is 276 g/mol. The average molecular weight is 286 g/mol. The SMILES string of the molecule is [O-]C1=C(c2ccc(O)cc2)Oc2cc(O)cc([O-])c2[C@@H]1O. The molecule has 3 rings (SSSR count). The number of aliphatic hydroxyl groups is 1. The first-order chi connectivity index (χ1) is 9.97. The van der Waals surface area contributed by atoms with Gasteiger partial charge in [0.15, 0.2) is 0 Å². The Balaban J connectivity index is 2.12. The van der Waals surface area contributed by atoms with Crippen molar-refractivity contribution >= 4 is 5.76 Å². The number of aromatic hydroxyl groups is 2. The first kappa shape index (κ1) is 13.1. The van der Waals surface area contributed by atoms with Gasteiger partial charge in [0.25, 0.3) is 0 Å². The van der Waals surface area contributed by atoms with Gasteiger partial charge >= 0.3 is 0 Å². The Bertz CT molecular complexity index is 733. The Morgan fingerprint density at radius 2 is 1.62 bits per heavy atom. The zero-order valence-corrected chi connectivity index (χ0v) is 10.6. The summed E-state index contributed by atoms with van der Waals surface area (Å²) in [6, 6.07) is 7.68. The minimum Gasteiger partial charge on any atom is -0.872 e. The lowest BCUT2D eigenvalue weighted by atomic mass is 9.99. The third-order valence-corrected chi connectivity index (χ3v) is 3.18. The summed E-state index contributed by atoms with van der Waals surface area (Å²) < 4.78 is 5.37. The van der Waals surface area contributed by atoms with Gasteiger partial charge in [-0.25, -0.2) is 0 Å². The van der Waals surface area contributed by atoms with Gasteiger partial charge < -0.3 is 30.3 Å². The molecule has 1 heterocycles. The quantitative estimate of drug-likeness (QED) is 0.695. The Morgan fingerprint density at radius 1 is 0.952 bits per heavy atom. The van der Waals surface area contributed by atoms with Crippen LogP contribution in [0.15, 0.2) is 42.2 Å². The molecular formula is C15H10O6-2. The predicted octanol–water partition coefficient (Wildman–Crippen LogP) is 0.326. The Labute approximate surface area is 119 Å². The average Bonchev–Trinajstić information content (AvgIpc) is 2.43. The summed E-state index contributed by atoms with van der Waals surface area (Å²) in [5.41, 5.74) is 0.152. The van der Waals surface area contributed by atoms with E-state index in [4.69, 9.17) is 4.74 Å². The van der Waals surface area contributed by atoms with Crippen molar-refractivity contribution in [3.05, 3.63) is 53.3 Å². The second kappa shape index (κ2) is 4.60. The van der Waals surface area contributed by atoms with Gasteiger partial charge in [-0.1, -0.05) is 11.5 Å². The zero-order chi connectivity index (χ0) is 15.1. The van der Waals surface area contributed by atoms with E-state index < -0.39 is 17.6 Å². The molecule has 0 amide bonds. The van der Waals surface area contributed by atoms with Crippen LogP contribution >= 0.6 is 0 Å². The molecule has 21 heavy (non-hydrogen) atoms. The lowest BCUT2D eigenvalue weighted by molar-refractivity contribution is -0.324. The molecule has 1 aliphatic heterocycles. The fraction of sp³-hybridized carbons (Fsp3) is 0.0667. The normalized spacial score (nSPS) is 17.3. The minimum absolute atomic E-state index is 0.0167. The molecule has 1 atom stereocenters. The number of fused-ring (bicyclic) bond motifs is 1. The van der Waals surface area contributed by atoms with Gasteiger partial charge in [0.05, 0.1) is 6.10 Å². The van der Waals surface area contributed by atoms with Crippen molar-refractivity contribution in [3.63, 3.8) is 0 Å². The summed E-state index contributed by atoms with van der Waals surface area (Å²) in [4.78, 5) is 0. The molecule has 0 bridgehead atoms. The van der Waals surface area contributed by atoms with E-state index in [1.54, 1.807) is 0 Å². The Morgan fingerprint density at radius 3 is 2.29 bits per heavy atom. The molecule has 0 radical (unpaired) electrons. The predicted molar refractivity (Wildman–Crippen MR) is 68.2 cm³/mol. The van der Waals surface area contributed by atoms with E-state index in [2.05, 4.69) is 0 Å². The molecule has 1 aliphatic rings. The fourth-order valence-electron chi connectivity index (χ4n) is 2.17. The molecule has 108 valence electrons. The lowest BCUT2D eigenvalue weighted by Gasteiger charge is -2.34. The Hall–Kier alpha value is -2.86. The van der Waals surface area contributed by atoms with Crippen LogP contribution in [0, 0.1) is 0 Å². The van der Waals surface area contributed by atoms with Crippen LogP contribution in [0.5, 0.6) is 23.0 Å². The van der Waals surface area contributed by atoms with Crippen LogP contribution in [-0.2, 0) is 0 Å². The van der Waals surface area contributed by atoms with Crippen LogP contribution in [-0.4, -0.2) is 15.3 Å². The molecule has 2 aromatic rings. The highest BCUT2D eigenvalue weighted by molar-refractivity contribution is 5.70. The molecule has 0 aromatic heterocycles. The van der Waals surface area contributed by atoms with E-state index >= 15 is 0 Å². The number of rotatable bonds is 1. The van der Waals surface area contributed by atoms with Crippen LogP contribution in [0.1, 0.15) is 17.2 Å². The van der Waals surface area contributed by atoms with Gasteiger partial charge in [0, 0.05) is 17.2 Å². The maximum atomic E-state index is 12.1. The molecule has 6 nitrogen and oxygen atoms in total. The van der Waals surface area contributed by atoms with Gasteiger partial charge in [-0.2, -0.15) is 0 Å². The number of hydrogen-bond acceptors (Lipinski definition) is 6. The number of aliphatic hydroxyl groups excluding tert-OH is 1. The highest BCUT2D eigenvalue weighted by Gasteiger charge is 2.24. The first-order valence-corrected chi connectivity index (χ1v) is 6.08. The van der Waals surface area contributed by atoms with Crippen LogP contribution in [0.3, 0.4) is 0 Å². The van der Waals surface area contributed by atoms with E-state index in [0.717, 1.165) is 12.1 Å². The molecule has 0 fully saturated rings. The number of benzene rings is 2. The standard InChI is InChI=1S/C15H12O6/c16-8-3-1-7(2-4-8)15-14(20)13(19)12-10(18)5-9(17)6-11(12)21-15/h1-6,13,16-20H/p-2/t13-/m0/s1. The van der Waals surface area contributed by atoms with E-state index in [1.165, 1.54) is 24.3 Å². The maximum absolute atomic E-state index is 12.1. The number of phenolic OH excluding ortho intramolecular Hbond substituents is 2. The summed E-state index contributed by atoms with van der Waals surface area (Å²) in [5, 5.41) is 52.5. The summed E-state index contributed by atoms with van der Waals surface area (Å²) in [7, 11) is 0. The van der Waals surface area contributed by atoms with Gasteiger partial charge in [-0.15, -0.1) is 0 Å². The zero-order valence-electron chi connectivity index (χ0n) is 10.6. The molecule has 2 aromatic carbocycles. The van der Waals surface area contributed by atoms with Crippen LogP contribution in [0.25, 0.3) is 5.76 Å². The molecule has 0 spiro atoms. The summed E-state index contributed by atoms with van der Waals surface area (Å²) >= 11 is 0. The van der Waals surface area contributed by atoms with Crippen molar-refractivity contribution in [2.24, 2.45) is 0 Å². The van der Waals surface area contributed by atoms with Crippen molar-refractivity contribution < 1.29 is 30.3 Å². The highest BCUT2D eigenvalue weighted by atomic mass is 16.5. The molecule has 3 N–H and O–H groups in total. The Kier molecular flexibility index (Phi) is 2.88. The number of hydrogen-bond donors (Lipinski definition) is 3. The fourth-order valence-corrected chi connectivity index (χ4v) is 2.17. The van der Waals surface area contributed by atoms with E-state index in [0.29, 0.717) is 5.56 Å². The first-order valence-electron chi connectivity index (χ1n) is 6.08. The smallest absolute Gasteiger partial charge is 0.136 e. The summed E-state index contributed by atoms with van der Waals surface area (Å²) in [6.45, 7) is 0. The second-order valence-electron chi connectivity index (χ2n) is 4.60.